The Bertz CT molecular complexity index is 476. The van der Waals surface area contributed by atoms with Crippen LogP contribution in [-0.2, 0) is 4.74 Å². The zero-order valence-electron chi connectivity index (χ0n) is 10.3. The quantitative estimate of drug-likeness (QED) is 0.652. The first-order valence-corrected chi connectivity index (χ1v) is 5.79. The number of rotatable bonds is 3. The van der Waals surface area contributed by atoms with Crippen LogP contribution in [0.15, 0.2) is 17.1 Å². The molecule has 4 atom stereocenters. The molecule has 1 fully saturated rings. The fourth-order valence-electron chi connectivity index (χ4n) is 2.05. The topological polar surface area (TPSA) is 96.6 Å². The summed E-state index contributed by atoms with van der Waals surface area (Å²) in [4.78, 5) is 15.6. The van der Waals surface area contributed by atoms with Crippen molar-refractivity contribution in [1.29, 1.82) is 0 Å². The van der Waals surface area contributed by atoms with Gasteiger partial charge in [0.1, 0.15) is 11.9 Å². The molecule has 18 heavy (non-hydrogen) atoms. The zero-order valence-corrected chi connectivity index (χ0v) is 10.3. The lowest BCUT2D eigenvalue weighted by Crippen LogP contribution is -2.33. The van der Waals surface area contributed by atoms with Crippen molar-refractivity contribution < 1.29 is 14.9 Å². The minimum Gasteiger partial charge on any atom is -0.394 e. The normalized spacial score (nSPS) is 31.6. The number of anilines is 1. The van der Waals surface area contributed by atoms with Crippen molar-refractivity contribution in [3.8, 4) is 0 Å². The number of aliphatic hydroxyl groups is 2. The van der Waals surface area contributed by atoms with E-state index in [9.17, 15) is 9.90 Å². The summed E-state index contributed by atoms with van der Waals surface area (Å²) in [6.45, 7) is 1.58. The van der Waals surface area contributed by atoms with E-state index in [0.717, 1.165) is 0 Å². The third kappa shape index (κ3) is 2.12. The Morgan fingerprint density at radius 2 is 2.33 bits per heavy atom. The standard InChI is InChI=1S/C11H17N3O4/c1-6-7(5-15)18-10(9(6)16)14-4-3-8(12-2)13-11(14)17/h3-4,6-7,9-10,15-16H,5H2,1-2H3,(H,12,13,17). The van der Waals surface area contributed by atoms with Crippen LogP contribution in [0.1, 0.15) is 13.2 Å². The van der Waals surface area contributed by atoms with Crippen LogP contribution in [0, 0.1) is 5.92 Å². The number of aliphatic hydroxyl groups excluding tert-OH is 2. The van der Waals surface area contributed by atoms with Crippen LogP contribution in [-0.4, -0.2) is 45.6 Å². The summed E-state index contributed by atoms with van der Waals surface area (Å²) in [6, 6.07) is 1.62. The Morgan fingerprint density at radius 3 is 2.83 bits per heavy atom. The zero-order chi connectivity index (χ0) is 13.3. The SMILES string of the molecule is CNc1ccn(C2OC(CO)C(C)C2O)c(=O)n1. The molecule has 1 aromatic heterocycles. The lowest BCUT2D eigenvalue weighted by Gasteiger charge is -2.17. The highest BCUT2D eigenvalue weighted by Crippen LogP contribution is 2.32. The summed E-state index contributed by atoms with van der Waals surface area (Å²) < 4.78 is 6.71. The summed E-state index contributed by atoms with van der Waals surface area (Å²) in [7, 11) is 1.66. The molecule has 0 amide bonds. The third-order valence-electron chi connectivity index (χ3n) is 3.27. The van der Waals surface area contributed by atoms with E-state index in [4.69, 9.17) is 9.84 Å². The number of hydrogen-bond donors (Lipinski definition) is 3. The molecule has 1 aliphatic heterocycles. The molecule has 2 heterocycles. The Labute approximate surface area is 104 Å². The molecule has 100 valence electrons. The molecule has 0 bridgehead atoms. The van der Waals surface area contributed by atoms with Crippen molar-refractivity contribution in [3.05, 3.63) is 22.7 Å². The van der Waals surface area contributed by atoms with Crippen LogP contribution in [0.3, 0.4) is 0 Å². The molecule has 1 aliphatic rings. The first-order chi connectivity index (χ1) is 8.58. The number of aromatic nitrogens is 2. The molecule has 2 rings (SSSR count). The second kappa shape index (κ2) is 5.05. The number of nitrogens with zero attached hydrogens (tertiary/aromatic N) is 2. The van der Waals surface area contributed by atoms with Gasteiger partial charge < -0.3 is 20.3 Å². The minimum atomic E-state index is -0.845. The van der Waals surface area contributed by atoms with Crippen LogP contribution >= 0.6 is 0 Å². The molecule has 3 N–H and O–H groups in total. The van der Waals surface area contributed by atoms with E-state index in [1.54, 1.807) is 20.0 Å². The van der Waals surface area contributed by atoms with E-state index < -0.39 is 24.1 Å². The maximum absolute atomic E-state index is 11.8. The van der Waals surface area contributed by atoms with Crippen molar-refractivity contribution in [1.82, 2.24) is 9.55 Å². The van der Waals surface area contributed by atoms with Gasteiger partial charge in [0.25, 0.3) is 0 Å². The van der Waals surface area contributed by atoms with Crippen LogP contribution < -0.4 is 11.0 Å². The number of ether oxygens (including phenoxy) is 1. The monoisotopic (exact) mass is 255 g/mol. The Kier molecular flexibility index (Phi) is 3.65. The van der Waals surface area contributed by atoms with E-state index in [1.807, 2.05) is 0 Å². The highest BCUT2D eigenvalue weighted by atomic mass is 16.5. The Hall–Kier alpha value is -1.44. The second-order valence-corrected chi connectivity index (χ2v) is 4.35. The summed E-state index contributed by atoms with van der Waals surface area (Å²) in [5.74, 6) is 0.214. The number of nitrogens with one attached hydrogen (secondary N) is 1. The first-order valence-electron chi connectivity index (χ1n) is 5.79. The highest BCUT2D eigenvalue weighted by molar-refractivity contribution is 5.30. The van der Waals surface area contributed by atoms with Gasteiger partial charge in [-0.2, -0.15) is 4.98 Å². The fraction of sp³-hybridized carbons (Fsp3) is 0.636. The molecule has 7 heteroatoms. The molecule has 0 spiro atoms. The summed E-state index contributed by atoms with van der Waals surface area (Å²) in [5.41, 5.74) is -0.503. The molecule has 0 aliphatic carbocycles. The molecule has 0 aromatic carbocycles. The van der Waals surface area contributed by atoms with E-state index >= 15 is 0 Å². The van der Waals surface area contributed by atoms with Gasteiger partial charge in [-0.3, -0.25) is 4.57 Å². The number of hydrogen-bond acceptors (Lipinski definition) is 6. The van der Waals surface area contributed by atoms with E-state index in [-0.39, 0.29) is 12.5 Å². The van der Waals surface area contributed by atoms with Gasteiger partial charge in [0.2, 0.25) is 0 Å². The molecule has 7 nitrogen and oxygen atoms in total. The molecular weight excluding hydrogens is 238 g/mol. The van der Waals surface area contributed by atoms with Gasteiger partial charge in [0.05, 0.1) is 12.7 Å². The van der Waals surface area contributed by atoms with Crippen molar-refractivity contribution >= 4 is 5.82 Å². The van der Waals surface area contributed by atoms with Crippen LogP contribution in [0.5, 0.6) is 0 Å². The van der Waals surface area contributed by atoms with Gasteiger partial charge >= 0.3 is 5.69 Å². The molecular formula is C11H17N3O4. The van der Waals surface area contributed by atoms with Gasteiger partial charge in [-0.1, -0.05) is 6.92 Å². The maximum atomic E-state index is 11.8. The Morgan fingerprint density at radius 1 is 1.61 bits per heavy atom. The summed E-state index contributed by atoms with van der Waals surface area (Å²) in [6.07, 6.45) is -0.604. The largest absolute Gasteiger partial charge is 0.394 e. The Balaban J connectivity index is 2.30. The second-order valence-electron chi connectivity index (χ2n) is 4.35. The molecule has 0 radical (unpaired) electrons. The predicted octanol–water partition coefficient (Wildman–Crippen LogP) is -0.828. The van der Waals surface area contributed by atoms with Crippen molar-refractivity contribution in [3.63, 3.8) is 0 Å². The summed E-state index contributed by atoms with van der Waals surface area (Å²) >= 11 is 0. The lowest BCUT2D eigenvalue weighted by atomic mass is 10.0. The fourth-order valence-corrected chi connectivity index (χ4v) is 2.05. The van der Waals surface area contributed by atoms with Crippen molar-refractivity contribution in [2.24, 2.45) is 5.92 Å². The van der Waals surface area contributed by atoms with Crippen LogP contribution in [0.2, 0.25) is 0 Å². The van der Waals surface area contributed by atoms with Gasteiger partial charge in [0, 0.05) is 19.2 Å². The van der Waals surface area contributed by atoms with Crippen molar-refractivity contribution in [2.45, 2.75) is 25.4 Å². The predicted molar refractivity (Wildman–Crippen MR) is 64.2 cm³/mol. The van der Waals surface area contributed by atoms with Crippen LogP contribution in [0.25, 0.3) is 0 Å². The van der Waals surface area contributed by atoms with Gasteiger partial charge in [-0.15, -0.1) is 0 Å². The third-order valence-corrected chi connectivity index (χ3v) is 3.27. The van der Waals surface area contributed by atoms with E-state index in [1.165, 1.54) is 10.8 Å². The van der Waals surface area contributed by atoms with Gasteiger partial charge in [-0.05, 0) is 6.07 Å². The first kappa shape index (κ1) is 13.0. The average Bonchev–Trinajstić information content (AvgIpc) is 2.66. The maximum Gasteiger partial charge on any atom is 0.351 e. The molecule has 4 unspecified atom stereocenters. The molecule has 0 saturated carbocycles. The van der Waals surface area contributed by atoms with Crippen LogP contribution in [0.4, 0.5) is 5.82 Å². The van der Waals surface area contributed by atoms with E-state index in [0.29, 0.717) is 5.82 Å². The summed E-state index contributed by atoms with van der Waals surface area (Å²) in [5, 5.41) is 21.9. The van der Waals surface area contributed by atoms with Crippen molar-refractivity contribution in [2.75, 3.05) is 19.0 Å². The molecule has 1 saturated heterocycles. The van der Waals surface area contributed by atoms with E-state index in [2.05, 4.69) is 10.3 Å². The molecule has 1 aromatic rings. The van der Waals surface area contributed by atoms with Gasteiger partial charge in [0.15, 0.2) is 6.23 Å². The smallest absolute Gasteiger partial charge is 0.351 e. The lowest BCUT2D eigenvalue weighted by molar-refractivity contribution is -0.0533. The minimum absolute atomic E-state index is 0.189. The highest BCUT2D eigenvalue weighted by Gasteiger charge is 2.41. The average molecular weight is 255 g/mol. The van der Waals surface area contributed by atoms with Gasteiger partial charge in [-0.25, -0.2) is 4.79 Å².